The minimum Gasteiger partial charge on any atom is -0.474 e. The molecule has 0 saturated heterocycles. The largest absolute Gasteiger partial charge is 0.474 e. The van der Waals surface area contributed by atoms with E-state index in [1.165, 1.54) is 18.2 Å². The van der Waals surface area contributed by atoms with Gasteiger partial charge in [0.25, 0.3) is 15.9 Å². The van der Waals surface area contributed by atoms with E-state index in [1.54, 1.807) is 12.1 Å². The van der Waals surface area contributed by atoms with E-state index in [0.717, 1.165) is 37.8 Å². The zero-order valence-corrected chi connectivity index (χ0v) is 18.3. The lowest BCUT2D eigenvalue weighted by Crippen LogP contribution is -2.32. The van der Waals surface area contributed by atoms with Gasteiger partial charge in [0, 0.05) is 11.1 Å². The average molecular weight is 433 g/mol. The van der Waals surface area contributed by atoms with Crippen LogP contribution in [0.5, 0.6) is 5.88 Å². The fourth-order valence-electron chi connectivity index (χ4n) is 3.27. The Hall–Kier alpha value is -2.68. The van der Waals surface area contributed by atoms with E-state index < -0.39 is 15.9 Å². The second-order valence-electron chi connectivity index (χ2n) is 8.51. The van der Waals surface area contributed by atoms with Crippen molar-refractivity contribution in [2.24, 2.45) is 0 Å². The molecule has 0 aromatic carbocycles. The van der Waals surface area contributed by atoms with Gasteiger partial charge < -0.3 is 10.5 Å². The monoisotopic (exact) mass is 432 g/mol. The number of hydrogen-bond acceptors (Lipinski definition) is 7. The zero-order valence-electron chi connectivity index (χ0n) is 17.5. The number of nitrogens with two attached hydrogens (primary N) is 1. The van der Waals surface area contributed by atoms with Crippen LogP contribution >= 0.6 is 0 Å². The second kappa shape index (κ2) is 8.59. The summed E-state index contributed by atoms with van der Waals surface area (Å²) in [7, 11) is -4.19. The highest BCUT2D eigenvalue weighted by molar-refractivity contribution is 7.90. The number of carbonyl (C=O) groups excluding carboxylic acids is 1. The van der Waals surface area contributed by atoms with Crippen molar-refractivity contribution in [2.75, 3.05) is 5.73 Å². The number of anilines is 1. The number of aromatic nitrogens is 2. The predicted molar refractivity (Wildman–Crippen MR) is 114 cm³/mol. The van der Waals surface area contributed by atoms with E-state index in [2.05, 4.69) is 9.97 Å². The number of nitrogens with zero attached hydrogens (tertiary/aromatic N) is 2. The molecule has 0 aliphatic heterocycles. The summed E-state index contributed by atoms with van der Waals surface area (Å²) in [6, 6.07) is 7.47. The van der Waals surface area contributed by atoms with Crippen LogP contribution in [-0.4, -0.2) is 30.4 Å². The van der Waals surface area contributed by atoms with E-state index in [9.17, 15) is 13.2 Å². The van der Waals surface area contributed by atoms with Gasteiger partial charge in [-0.2, -0.15) is 8.42 Å². The van der Waals surface area contributed by atoms with Crippen molar-refractivity contribution in [1.82, 2.24) is 14.7 Å². The van der Waals surface area contributed by atoms with Crippen molar-refractivity contribution >= 4 is 21.7 Å². The zero-order chi connectivity index (χ0) is 21.9. The van der Waals surface area contributed by atoms with Gasteiger partial charge in [-0.1, -0.05) is 33.3 Å². The summed E-state index contributed by atoms with van der Waals surface area (Å²) in [5.74, 6) is -0.622. The third-order valence-corrected chi connectivity index (χ3v) is 6.18. The van der Waals surface area contributed by atoms with Crippen molar-refractivity contribution in [3.05, 3.63) is 41.6 Å². The first-order valence-electron chi connectivity index (χ1n) is 10.0. The molecule has 0 unspecified atom stereocenters. The molecule has 0 atom stereocenters. The van der Waals surface area contributed by atoms with Gasteiger partial charge in [0.1, 0.15) is 17.5 Å². The third kappa shape index (κ3) is 5.27. The van der Waals surface area contributed by atoms with Crippen LogP contribution in [0.1, 0.15) is 68.9 Å². The van der Waals surface area contributed by atoms with Crippen LogP contribution in [0.4, 0.5) is 5.82 Å². The Balaban J connectivity index is 1.91. The molecule has 2 aromatic rings. The maximum Gasteiger partial charge on any atom is 0.281 e. The van der Waals surface area contributed by atoms with E-state index in [4.69, 9.17) is 10.5 Å². The number of sulfonamides is 1. The van der Waals surface area contributed by atoms with Crippen LogP contribution in [0.25, 0.3) is 0 Å². The lowest BCUT2D eigenvalue weighted by atomic mass is 9.91. The van der Waals surface area contributed by atoms with Crippen LogP contribution in [-0.2, 0) is 15.4 Å². The van der Waals surface area contributed by atoms with Gasteiger partial charge in [-0.25, -0.2) is 14.7 Å². The Bertz CT molecular complexity index is 1030. The van der Waals surface area contributed by atoms with Gasteiger partial charge in [0.05, 0.1) is 0 Å². The molecule has 1 saturated carbocycles. The molecule has 8 nitrogen and oxygen atoms in total. The Kier molecular flexibility index (Phi) is 6.30. The minimum absolute atomic E-state index is 0.0415. The summed E-state index contributed by atoms with van der Waals surface area (Å²) in [4.78, 5) is 21.2. The molecule has 0 bridgehead atoms. The second-order valence-corrected chi connectivity index (χ2v) is 10.1. The summed E-state index contributed by atoms with van der Waals surface area (Å²) in [6.45, 7) is 6.03. The molecule has 162 valence electrons. The highest BCUT2D eigenvalue weighted by Crippen LogP contribution is 2.28. The van der Waals surface area contributed by atoms with Crippen LogP contribution in [0.3, 0.4) is 0 Å². The Morgan fingerprint density at radius 1 is 1.10 bits per heavy atom. The molecule has 3 N–H and O–H groups in total. The van der Waals surface area contributed by atoms with Gasteiger partial charge in [0.15, 0.2) is 5.03 Å². The van der Waals surface area contributed by atoms with E-state index in [0.29, 0.717) is 0 Å². The molecule has 3 rings (SSSR count). The van der Waals surface area contributed by atoms with Gasteiger partial charge in [-0.3, -0.25) is 4.79 Å². The first-order valence-corrected chi connectivity index (χ1v) is 11.5. The molecular weight excluding hydrogens is 404 g/mol. The summed E-state index contributed by atoms with van der Waals surface area (Å²) in [6.07, 6.45) is 5.00. The molecule has 1 aliphatic rings. The number of carbonyl (C=O) groups is 1. The normalized spacial score (nSPS) is 15.6. The average Bonchev–Trinajstić information content (AvgIpc) is 2.67. The van der Waals surface area contributed by atoms with E-state index in [1.807, 2.05) is 25.5 Å². The standard InChI is InChI=1S/C21H28N4O4S/c1-21(2,3)16-13-12-15(20(23-16)29-14-8-5-4-6-9-14)19(26)25-30(27,28)18-11-7-10-17(22)24-18/h7,10-14H,4-6,8-9H2,1-3H3,(H2,22,24)(H,25,26). The molecule has 2 heterocycles. The van der Waals surface area contributed by atoms with Crippen molar-refractivity contribution < 1.29 is 17.9 Å². The number of ether oxygens (including phenoxy) is 1. The van der Waals surface area contributed by atoms with Crippen LogP contribution < -0.4 is 15.2 Å². The summed E-state index contributed by atoms with van der Waals surface area (Å²) in [5.41, 5.74) is 6.14. The van der Waals surface area contributed by atoms with Crippen molar-refractivity contribution in [3.8, 4) is 5.88 Å². The highest BCUT2D eigenvalue weighted by Gasteiger charge is 2.27. The Morgan fingerprint density at radius 3 is 2.43 bits per heavy atom. The molecule has 30 heavy (non-hydrogen) atoms. The molecular formula is C21H28N4O4S. The third-order valence-electron chi connectivity index (χ3n) is 4.95. The molecule has 2 aromatic heterocycles. The first-order chi connectivity index (χ1) is 14.1. The number of amides is 1. The molecule has 1 aliphatic carbocycles. The minimum atomic E-state index is -4.19. The maximum absolute atomic E-state index is 12.9. The van der Waals surface area contributed by atoms with E-state index >= 15 is 0 Å². The number of nitrogens with one attached hydrogen (secondary N) is 1. The number of nitrogen functional groups attached to an aromatic ring is 1. The van der Waals surface area contributed by atoms with Crippen molar-refractivity contribution in [3.63, 3.8) is 0 Å². The summed E-state index contributed by atoms with van der Waals surface area (Å²) < 4.78 is 33.3. The predicted octanol–water partition coefficient (Wildman–Crippen LogP) is 3.19. The molecule has 1 fully saturated rings. The smallest absolute Gasteiger partial charge is 0.281 e. The molecule has 0 radical (unpaired) electrons. The van der Waals surface area contributed by atoms with Gasteiger partial charge in [-0.15, -0.1) is 0 Å². The van der Waals surface area contributed by atoms with Gasteiger partial charge in [-0.05, 0) is 49.9 Å². The fraction of sp³-hybridized carbons (Fsp3) is 0.476. The summed E-state index contributed by atoms with van der Waals surface area (Å²) in [5, 5.41) is -0.329. The molecule has 9 heteroatoms. The highest BCUT2D eigenvalue weighted by atomic mass is 32.2. The topological polar surface area (TPSA) is 124 Å². The molecule has 0 spiro atoms. The Labute approximate surface area is 177 Å². The van der Waals surface area contributed by atoms with E-state index in [-0.39, 0.29) is 33.8 Å². The van der Waals surface area contributed by atoms with Crippen LogP contribution in [0, 0.1) is 0 Å². The van der Waals surface area contributed by atoms with Gasteiger partial charge in [0.2, 0.25) is 5.88 Å². The molecule has 1 amide bonds. The number of rotatable bonds is 5. The van der Waals surface area contributed by atoms with Crippen molar-refractivity contribution in [1.29, 1.82) is 0 Å². The van der Waals surface area contributed by atoms with Gasteiger partial charge >= 0.3 is 0 Å². The maximum atomic E-state index is 12.9. The first kappa shape index (κ1) is 22.0. The number of hydrogen-bond donors (Lipinski definition) is 2. The number of pyridine rings is 2. The lowest BCUT2D eigenvalue weighted by molar-refractivity contribution is 0.0965. The Morgan fingerprint density at radius 2 is 1.80 bits per heavy atom. The quantitative estimate of drug-likeness (QED) is 0.743. The van der Waals surface area contributed by atoms with Crippen molar-refractivity contribution in [2.45, 2.75) is 69.4 Å². The van der Waals surface area contributed by atoms with Crippen LogP contribution in [0.2, 0.25) is 0 Å². The summed E-state index contributed by atoms with van der Waals surface area (Å²) >= 11 is 0. The SMILES string of the molecule is CC(C)(C)c1ccc(C(=O)NS(=O)(=O)c2cccc(N)n2)c(OC2CCCCC2)n1. The van der Waals surface area contributed by atoms with Crippen LogP contribution in [0.15, 0.2) is 35.4 Å². The lowest BCUT2D eigenvalue weighted by Gasteiger charge is -2.25. The fourth-order valence-corrected chi connectivity index (χ4v) is 4.21.